The van der Waals surface area contributed by atoms with Crippen LogP contribution in [-0.2, 0) is 4.79 Å². The molecule has 0 saturated carbocycles. The van der Waals surface area contributed by atoms with Crippen molar-refractivity contribution in [1.82, 2.24) is 20.0 Å². The zero-order valence-electron chi connectivity index (χ0n) is 18.5. The van der Waals surface area contributed by atoms with Gasteiger partial charge in [-0.2, -0.15) is 0 Å². The first-order chi connectivity index (χ1) is 15.4. The lowest BCUT2D eigenvalue weighted by Crippen LogP contribution is -2.37. The molecular weight excluding hydrogens is 424 g/mol. The summed E-state index contributed by atoms with van der Waals surface area (Å²) in [5.74, 6) is 0.215. The molecule has 0 saturated heterocycles. The molecule has 0 aliphatic heterocycles. The summed E-state index contributed by atoms with van der Waals surface area (Å²) in [7, 11) is 5.69. The Morgan fingerprint density at radius 1 is 0.969 bits per heavy atom. The van der Waals surface area contributed by atoms with Crippen LogP contribution in [0, 0.1) is 5.41 Å². The monoisotopic (exact) mass is 450 g/mol. The first-order valence-electron chi connectivity index (χ1n) is 10.3. The Kier molecular flexibility index (Phi) is 7.92. The average Bonchev–Trinajstić information content (AvgIpc) is 2.81. The van der Waals surface area contributed by atoms with E-state index >= 15 is 0 Å². The lowest BCUT2D eigenvalue weighted by atomic mass is 10.0. The van der Waals surface area contributed by atoms with Crippen molar-refractivity contribution in [3.05, 3.63) is 76.8 Å². The van der Waals surface area contributed by atoms with Gasteiger partial charge in [-0.1, -0.05) is 72.3 Å². The molecule has 166 valence electrons. The molecule has 0 radical (unpaired) electrons. The number of amides is 1. The highest BCUT2D eigenvalue weighted by Gasteiger charge is 2.21. The van der Waals surface area contributed by atoms with Gasteiger partial charge in [0.2, 0.25) is 5.91 Å². The Balaban J connectivity index is 1.92. The molecule has 7 nitrogen and oxygen atoms in total. The van der Waals surface area contributed by atoms with Gasteiger partial charge in [0.05, 0.1) is 22.8 Å². The van der Waals surface area contributed by atoms with Crippen LogP contribution in [0.5, 0.6) is 0 Å². The average molecular weight is 451 g/mol. The van der Waals surface area contributed by atoms with Gasteiger partial charge in [0.1, 0.15) is 5.69 Å². The minimum atomic E-state index is -0.0888. The summed E-state index contributed by atoms with van der Waals surface area (Å²) in [6.45, 7) is 1.40. The maximum atomic E-state index is 12.6. The van der Waals surface area contributed by atoms with Gasteiger partial charge in [0.15, 0.2) is 5.82 Å². The van der Waals surface area contributed by atoms with Crippen LogP contribution in [0.1, 0.15) is 11.1 Å². The third-order valence-corrected chi connectivity index (χ3v) is 5.36. The van der Waals surface area contributed by atoms with Crippen LogP contribution in [0.2, 0.25) is 5.02 Å². The van der Waals surface area contributed by atoms with E-state index in [9.17, 15) is 4.79 Å². The maximum Gasteiger partial charge on any atom is 0.241 e. The van der Waals surface area contributed by atoms with Gasteiger partial charge >= 0.3 is 0 Å². The molecule has 1 amide bonds. The highest BCUT2D eigenvalue weighted by molar-refractivity contribution is 6.38. The molecular formula is C24H27ClN6O. The summed E-state index contributed by atoms with van der Waals surface area (Å²) in [5.41, 5.74) is 2.61. The predicted octanol–water partition coefficient (Wildman–Crippen LogP) is 3.65. The van der Waals surface area contributed by atoms with E-state index < -0.39 is 0 Å². The fourth-order valence-corrected chi connectivity index (χ4v) is 3.40. The highest BCUT2D eigenvalue weighted by atomic mass is 35.5. The van der Waals surface area contributed by atoms with Crippen LogP contribution >= 0.6 is 11.6 Å². The van der Waals surface area contributed by atoms with Crippen LogP contribution in [-0.4, -0.2) is 72.4 Å². The second-order valence-corrected chi connectivity index (χ2v) is 8.04. The Morgan fingerprint density at radius 2 is 1.59 bits per heavy atom. The minimum Gasteiger partial charge on any atom is -0.359 e. The van der Waals surface area contributed by atoms with E-state index in [-0.39, 0.29) is 18.2 Å². The predicted molar refractivity (Wildman–Crippen MR) is 130 cm³/mol. The molecule has 0 aliphatic rings. The standard InChI is InChI=1S/C24H27ClN6O/c1-30(2)14-15-31(3)19(32)16-27-24-20(22(26)17-10-6-4-7-11-17)21(25)23(28-29-24)18-12-8-5-9-13-18/h4-13,26H,14-16H2,1-3H3,(H,27,29). The number of carbonyl (C=O) groups is 1. The molecule has 0 atom stereocenters. The minimum absolute atomic E-state index is 0.0225. The summed E-state index contributed by atoms with van der Waals surface area (Å²) >= 11 is 6.77. The van der Waals surface area contributed by atoms with Crippen LogP contribution in [0.25, 0.3) is 11.3 Å². The molecule has 3 rings (SSSR count). The molecule has 0 spiro atoms. The van der Waals surface area contributed by atoms with E-state index in [1.807, 2.05) is 79.7 Å². The van der Waals surface area contributed by atoms with Gasteiger partial charge < -0.3 is 15.1 Å². The lowest BCUT2D eigenvalue weighted by molar-refractivity contribution is -0.128. The third kappa shape index (κ3) is 5.69. The number of hydrogen-bond donors (Lipinski definition) is 2. The van der Waals surface area contributed by atoms with E-state index in [1.54, 1.807) is 11.9 Å². The van der Waals surface area contributed by atoms with Crippen LogP contribution in [0.3, 0.4) is 0 Å². The normalized spacial score (nSPS) is 10.8. The van der Waals surface area contributed by atoms with Crippen LogP contribution in [0.15, 0.2) is 60.7 Å². The van der Waals surface area contributed by atoms with Crippen molar-refractivity contribution in [3.63, 3.8) is 0 Å². The fraction of sp³-hybridized carbons (Fsp3) is 0.250. The quantitative estimate of drug-likeness (QED) is 0.486. The summed E-state index contributed by atoms with van der Waals surface area (Å²) in [6.07, 6.45) is 0. The summed E-state index contributed by atoms with van der Waals surface area (Å²) in [4.78, 5) is 16.2. The molecule has 1 heterocycles. The first-order valence-corrected chi connectivity index (χ1v) is 10.6. The van der Waals surface area contributed by atoms with Gasteiger partial charge in [0, 0.05) is 31.3 Å². The largest absolute Gasteiger partial charge is 0.359 e. The number of nitrogens with one attached hydrogen (secondary N) is 2. The number of benzene rings is 2. The van der Waals surface area contributed by atoms with Gasteiger partial charge in [-0.3, -0.25) is 10.2 Å². The highest BCUT2D eigenvalue weighted by Crippen LogP contribution is 2.33. The van der Waals surface area contributed by atoms with E-state index in [1.165, 1.54) is 0 Å². The topological polar surface area (TPSA) is 85.2 Å². The van der Waals surface area contributed by atoms with Gasteiger partial charge in [-0.05, 0) is 14.1 Å². The summed E-state index contributed by atoms with van der Waals surface area (Å²) in [6, 6.07) is 18.8. The number of likely N-dealkylation sites (N-methyl/N-ethyl adjacent to an activating group) is 2. The Labute approximate surface area is 193 Å². The smallest absolute Gasteiger partial charge is 0.241 e. The number of nitrogens with zero attached hydrogens (tertiary/aromatic N) is 4. The zero-order valence-corrected chi connectivity index (χ0v) is 19.2. The lowest BCUT2D eigenvalue weighted by Gasteiger charge is -2.21. The number of halogens is 1. The summed E-state index contributed by atoms with van der Waals surface area (Å²) < 4.78 is 0. The SMILES string of the molecule is CN(C)CCN(C)C(=O)CNc1nnc(-c2ccccc2)c(Cl)c1C(=N)c1ccccc1. The molecule has 0 aliphatic carbocycles. The molecule has 0 bridgehead atoms. The van der Waals surface area contributed by atoms with Gasteiger partial charge in [0.25, 0.3) is 0 Å². The van der Waals surface area contributed by atoms with Crippen molar-refractivity contribution < 1.29 is 4.79 Å². The second kappa shape index (κ2) is 10.8. The third-order valence-electron chi connectivity index (χ3n) is 4.99. The Bertz CT molecular complexity index is 1070. The fourth-order valence-electron chi connectivity index (χ4n) is 3.07. The molecule has 32 heavy (non-hydrogen) atoms. The Hall–Kier alpha value is -3.29. The molecule has 0 unspecified atom stereocenters. The van der Waals surface area contributed by atoms with Crippen molar-refractivity contribution in [1.29, 1.82) is 5.41 Å². The van der Waals surface area contributed by atoms with Crippen molar-refractivity contribution >= 4 is 29.0 Å². The maximum absolute atomic E-state index is 12.6. The molecule has 3 aromatic rings. The molecule has 0 fully saturated rings. The van der Waals surface area contributed by atoms with E-state index in [4.69, 9.17) is 17.0 Å². The van der Waals surface area contributed by atoms with Crippen molar-refractivity contribution in [2.45, 2.75) is 0 Å². The number of hydrogen-bond acceptors (Lipinski definition) is 6. The molecule has 2 N–H and O–H groups in total. The number of anilines is 1. The van der Waals surface area contributed by atoms with Gasteiger partial charge in [-0.15, -0.1) is 10.2 Å². The van der Waals surface area contributed by atoms with E-state index in [0.717, 1.165) is 12.1 Å². The molecule has 1 aromatic heterocycles. The van der Waals surface area contributed by atoms with Gasteiger partial charge in [-0.25, -0.2) is 0 Å². The molecule has 8 heteroatoms. The van der Waals surface area contributed by atoms with Crippen molar-refractivity contribution in [3.8, 4) is 11.3 Å². The number of carbonyl (C=O) groups excluding carboxylic acids is 1. The number of rotatable bonds is 9. The van der Waals surface area contributed by atoms with Crippen molar-refractivity contribution in [2.24, 2.45) is 0 Å². The molecule has 2 aromatic carbocycles. The van der Waals surface area contributed by atoms with Crippen LogP contribution < -0.4 is 5.32 Å². The zero-order chi connectivity index (χ0) is 23.1. The second-order valence-electron chi connectivity index (χ2n) is 7.67. The van der Waals surface area contributed by atoms with Crippen LogP contribution in [0.4, 0.5) is 5.82 Å². The Morgan fingerprint density at radius 3 is 2.22 bits per heavy atom. The van der Waals surface area contributed by atoms with Crippen molar-refractivity contribution in [2.75, 3.05) is 46.1 Å². The summed E-state index contributed by atoms with van der Waals surface area (Å²) in [5, 5.41) is 20.8. The first kappa shape index (κ1) is 23.4. The number of aromatic nitrogens is 2. The van der Waals surface area contributed by atoms with E-state index in [0.29, 0.717) is 34.2 Å². The van der Waals surface area contributed by atoms with E-state index in [2.05, 4.69) is 15.5 Å².